The third-order valence-electron chi connectivity index (χ3n) is 3.14. The number of rotatable bonds is 4. The van der Waals surface area contributed by atoms with Crippen molar-refractivity contribution in [2.24, 2.45) is 0 Å². The Labute approximate surface area is 124 Å². The molecule has 2 aromatic rings. The molecule has 0 aliphatic heterocycles. The smallest absolute Gasteiger partial charge is 0.167 e. The van der Waals surface area contributed by atoms with E-state index in [0.717, 1.165) is 22.3 Å². The fraction of sp³-hybridized carbons (Fsp3) is 0.235. The highest BCUT2D eigenvalue weighted by molar-refractivity contribution is 6.30. The van der Waals surface area contributed by atoms with Gasteiger partial charge in [0.1, 0.15) is 5.75 Å². The molecular formula is C17H17ClO2. The van der Waals surface area contributed by atoms with Crippen molar-refractivity contribution < 1.29 is 9.53 Å². The van der Waals surface area contributed by atoms with Crippen LogP contribution in [0.15, 0.2) is 36.4 Å². The monoisotopic (exact) mass is 288 g/mol. The molecule has 0 saturated carbocycles. The van der Waals surface area contributed by atoms with Gasteiger partial charge in [-0.2, -0.15) is 0 Å². The third-order valence-corrected chi connectivity index (χ3v) is 3.37. The van der Waals surface area contributed by atoms with Gasteiger partial charge >= 0.3 is 0 Å². The lowest BCUT2D eigenvalue weighted by molar-refractivity contribution is 0.0992. The van der Waals surface area contributed by atoms with Crippen LogP contribution in [-0.2, 0) is 6.42 Å². The number of Topliss-reactive ketones (excluding diaryl/α,β-unsaturated/α-hetero) is 1. The summed E-state index contributed by atoms with van der Waals surface area (Å²) in [5.74, 6) is 0.754. The zero-order valence-corrected chi connectivity index (χ0v) is 12.6. The summed E-state index contributed by atoms with van der Waals surface area (Å²) in [6.07, 6.45) is 0.284. The van der Waals surface area contributed by atoms with E-state index in [-0.39, 0.29) is 12.2 Å². The molecule has 0 atom stereocenters. The fourth-order valence-electron chi connectivity index (χ4n) is 2.30. The number of halogens is 1. The van der Waals surface area contributed by atoms with Crippen LogP contribution >= 0.6 is 11.6 Å². The van der Waals surface area contributed by atoms with Crippen molar-refractivity contribution >= 4 is 17.4 Å². The number of benzene rings is 2. The van der Waals surface area contributed by atoms with Gasteiger partial charge in [0, 0.05) is 22.6 Å². The summed E-state index contributed by atoms with van der Waals surface area (Å²) in [6.45, 7) is 3.98. The first-order chi connectivity index (χ1) is 9.49. The summed E-state index contributed by atoms with van der Waals surface area (Å²) in [5.41, 5.74) is 3.71. The topological polar surface area (TPSA) is 26.3 Å². The maximum atomic E-state index is 12.4. The predicted octanol–water partition coefficient (Wildman–Crippen LogP) is 4.39. The van der Waals surface area contributed by atoms with Gasteiger partial charge in [-0.15, -0.1) is 0 Å². The molecule has 0 aromatic heterocycles. The number of hydrogen-bond acceptors (Lipinski definition) is 2. The maximum Gasteiger partial charge on any atom is 0.167 e. The third kappa shape index (κ3) is 3.40. The van der Waals surface area contributed by atoms with E-state index < -0.39 is 0 Å². The SMILES string of the molecule is COc1ccc(Cl)cc1CC(=O)c1cc(C)cc(C)c1. The molecule has 0 amide bonds. The lowest BCUT2D eigenvalue weighted by Gasteiger charge is -2.09. The normalized spacial score (nSPS) is 10.4. The predicted molar refractivity (Wildman–Crippen MR) is 82.0 cm³/mol. The summed E-state index contributed by atoms with van der Waals surface area (Å²) in [4.78, 5) is 12.4. The van der Waals surface area contributed by atoms with Crippen LogP contribution in [0, 0.1) is 13.8 Å². The van der Waals surface area contributed by atoms with Gasteiger partial charge in [-0.25, -0.2) is 0 Å². The first-order valence-corrected chi connectivity index (χ1v) is 6.81. The van der Waals surface area contributed by atoms with Crippen LogP contribution in [0.2, 0.25) is 5.02 Å². The van der Waals surface area contributed by atoms with E-state index in [9.17, 15) is 4.79 Å². The second kappa shape index (κ2) is 6.10. The fourth-order valence-corrected chi connectivity index (χ4v) is 2.49. The molecule has 0 unspecified atom stereocenters. The van der Waals surface area contributed by atoms with Crippen molar-refractivity contribution in [3.63, 3.8) is 0 Å². The molecule has 0 aliphatic rings. The molecule has 104 valence electrons. The quantitative estimate of drug-likeness (QED) is 0.780. The maximum absolute atomic E-state index is 12.4. The van der Waals surface area contributed by atoms with Crippen LogP contribution in [0.3, 0.4) is 0 Å². The van der Waals surface area contributed by atoms with E-state index >= 15 is 0 Å². The lowest BCUT2D eigenvalue weighted by Crippen LogP contribution is -2.05. The van der Waals surface area contributed by atoms with Gasteiger partial charge in [-0.05, 0) is 44.2 Å². The minimum absolute atomic E-state index is 0.0670. The van der Waals surface area contributed by atoms with E-state index in [2.05, 4.69) is 6.07 Å². The number of ketones is 1. The molecule has 0 bridgehead atoms. The molecule has 0 radical (unpaired) electrons. The van der Waals surface area contributed by atoms with Gasteiger partial charge in [0.2, 0.25) is 0 Å². The summed E-state index contributed by atoms with van der Waals surface area (Å²) < 4.78 is 5.27. The Kier molecular flexibility index (Phi) is 4.46. The van der Waals surface area contributed by atoms with Crippen LogP contribution in [0.25, 0.3) is 0 Å². The Morgan fingerprint density at radius 1 is 1.10 bits per heavy atom. The largest absolute Gasteiger partial charge is 0.496 e. The van der Waals surface area contributed by atoms with Crippen LogP contribution in [0.1, 0.15) is 27.0 Å². The summed E-state index contributed by atoms with van der Waals surface area (Å²) in [7, 11) is 1.59. The molecule has 20 heavy (non-hydrogen) atoms. The second-order valence-corrected chi connectivity index (χ2v) is 5.37. The molecule has 0 aliphatic carbocycles. The Balaban J connectivity index is 2.29. The van der Waals surface area contributed by atoms with E-state index in [1.165, 1.54) is 0 Å². The first kappa shape index (κ1) is 14.6. The van der Waals surface area contributed by atoms with Crippen molar-refractivity contribution in [1.29, 1.82) is 0 Å². The summed E-state index contributed by atoms with van der Waals surface area (Å²) in [5, 5.41) is 0.606. The molecule has 2 aromatic carbocycles. The summed E-state index contributed by atoms with van der Waals surface area (Å²) in [6, 6.07) is 11.2. The van der Waals surface area contributed by atoms with E-state index in [1.807, 2.05) is 26.0 Å². The van der Waals surface area contributed by atoms with E-state index in [4.69, 9.17) is 16.3 Å². The van der Waals surface area contributed by atoms with Gasteiger partial charge in [0.25, 0.3) is 0 Å². The minimum atomic E-state index is 0.0670. The van der Waals surface area contributed by atoms with Gasteiger partial charge < -0.3 is 4.74 Å². The van der Waals surface area contributed by atoms with Gasteiger partial charge in [-0.1, -0.05) is 28.8 Å². The number of carbonyl (C=O) groups excluding carboxylic acids is 1. The average molecular weight is 289 g/mol. The van der Waals surface area contributed by atoms with E-state index in [0.29, 0.717) is 10.8 Å². The zero-order valence-electron chi connectivity index (χ0n) is 11.9. The van der Waals surface area contributed by atoms with Crippen LogP contribution in [0.5, 0.6) is 5.75 Å². The van der Waals surface area contributed by atoms with Crippen LogP contribution in [0.4, 0.5) is 0 Å². The highest BCUT2D eigenvalue weighted by Gasteiger charge is 2.12. The first-order valence-electron chi connectivity index (χ1n) is 6.43. The molecule has 2 nitrogen and oxygen atoms in total. The van der Waals surface area contributed by atoms with Gasteiger partial charge in [0.15, 0.2) is 5.78 Å². The standard InChI is InChI=1S/C17H17ClO2/c1-11-6-12(2)8-13(7-11)16(19)10-14-9-15(18)4-5-17(14)20-3/h4-9H,10H2,1-3H3. The van der Waals surface area contributed by atoms with Crippen molar-refractivity contribution in [2.45, 2.75) is 20.3 Å². The average Bonchev–Trinajstić information content (AvgIpc) is 2.37. The number of ether oxygens (including phenoxy) is 1. The van der Waals surface area contributed by atoms with Crippen molar-refractivity contribution in [2.75, 3.05) is 7.11 Å². The summed E-state index contributed by atoms with van der Waals surface area (Å²) >= 11 is 5.99. The highest BCUT2D eigenvalue weighted by atomic mass is 35.5. The molecule has 0 saturated heterocycles. The van der Waals surface area contributed by atoms with E-state index in [1.54, 1.807) is 25.3 Å². The Morgan fingerprint density at radius 3 is 2.35 bits per heavy atom. The second-order valence-electron chi connectivity index (χ2n) is 4.93. The molecule has 0 fully saturated rings. The zero-order chi connectivity index (χ0) is 14.7. The highest BCUT2D eigenvalue weighted by Crippen LogP contribution is 2.24. The number of hydrogen-bond donors (Lipinski definition) is 0. The molecule has 0 spiro atoms. The number of aryl methyl sites for hydroxylation is 2. The van der Waals surface area contributed by atoms with Gasteiger partial charge in [-0.3, -0.25) is 4.79 Å². The molecule has 2 rings (SSSR count). The Bertz CT molecular complexity index is 627. The minimum Gasteiger partial charge on any atom is -0.496 e. The number of methoxy groups -OCH3 is 1. The molecular weight excluding hydrogens is 272 g/mol. The van der Waals surface area contributed by atoms with Crippen molar-refractivity contribution in [3.05, 3.63) is 63.7 Å². The lowest BCUT2D eigenvalue weighted by atomic mass is 9.99. The van der Waals surface area contributed by atoms with Crippen LogP contribution < -0.4 is 4.74 Å². The van der Waals surface area contributed by atoms with Crippen molar-refractivity contribution in [3.8, 4) is 5.75 Å². The molecule has 0 heterocycles. The number of carbonyl (C=O) groups is 1. The Hall–Kier alpha value is -1.80. The van der Waals surface area contributed by atoms with Crippen LogP contribution in [-0.4, -0.2) is 12.9 Å². The molecule has 0 N–H and O–H groups in total. The van der Waals surface area contributed by atoms with Gasteiger partial charge in [0.05, 0.1) is 7.11 Å². The van der Waals surface area contributed by atoms with Crippen molar-refractivity contribution in [1.82, 2.24) is 0 Å². The molecule has 3 heteroatoms. The Morgan fingerprint density at radius 2 is 1.75 bits per heavy atom.